The maximum atomic E-state index is 12.2. The fraction of sp³-hybridized carbons (Fsp3) is 0.588. The van der Waals surface area contributed by atoms with Crippen molar-refractivity contribution < 1.29 is 14.6 Å². The number of aliphatic hydroxyl groups excluding tert-OH is 1. The molecule has 114 valence electrons. The number of benzene rings is 1. The minimum absolute atomic E-state index is 0.0793. The molecule has 1 heterocycles. The highest BCUT2D eigenvalue weighted by molar-refractivity contribution is 5.68. The molecule has 1 amide bonds. The Labute approximate surface area is 125 Å². The van der Waals surface area contributed by atoms with Gasteiger partial charge in [0.2, 0.25) is 0 Å². The number of carbonyl (C=O) groups excluding carboxylic acids is 1. The van der Waals surface area contributed by atoms with Crippen molar-refractivity contribution in [1.29, 1.82) is 0 Å². The SMILES string of the molecule is O=C(OCc1ccccc1)N1C[C@H]2CCCC[C@@]2(CO)C1. The van der Waals surface area contributed by atoms with Gasteiger partial charge in [0, 0.05) is 18.5 Å². The summed E-state index contributed by atoms with van der Waals surface area (Å²) in [6.07, 6.45) is 4.25. The molecule has 0 aromatic heterocycles. The summed E-state index contributed by atoms with van der Waals surface area (Å²) in [6.45, 7) is 1.86. The van der Waals surface area contributed by atoms with Crippen LogP contribution < -0.4 is 0 Å². The Morgan fingerprint density at radius 3 is 2.86 bits per heavy atom. The fourth-order valence-electron chi connectivity index (χ4n) is 3.79. The molecule has 1 aliphatic carbocycles. The predicted molar refractivity (Wildman–Crippen MR) is 79.7 cm³/mol. The lowest BCUT2D eigenvalue weighted by Crippen LogP contribution is -2.37. The Morgan fingerprint density at radius 2 is 2.14 bits per heavy atom. The van der Waals surface area contributed by atoms with Crippen LogP contribution in [0.1, 0.15) is 31.2 Å². The highest BCUT2D eigenvalue weighted by atomic mass is 16.6. The van der Waals surface area contributed by atoms with Crippen molar-refractivity contribution in [2.24, 2.45) is 11.3 Å². The van der Waals surface area contributed by atoms with Crippen molar-refractivity contribution >= 4 is 6.09 Å². The van der Waals surface area contributed by atoms with Crippen LogP contribution in [0, 0.1) is 11.3 Å². The summed E-state index contributed by atoms with van der Waals surface area (Å²) in [5.41, 5.74) is 0.920. The van der Waals surface area contributed by atoms with Crippen LogP contribution in [0.5, 0.6) is 0 Å². The van der Waals surface area contributed by atoms with Gasteiger partial charge in [-0.3, -0.25) is 0 Å². The molecule has 2 aliphatic rings. The minimum Gasteiger partial charge on any atom is -0.445 e. The summed E-state index contributed by atoms with van der Waals surface area (Å²) in [7, 11) is 0. The van der Waals surface area contributed by atoms with Crippen molar-refractivity contribution in [1.82, 2.24) is 4.90 Å². The van der Waals surface area contributed by atoms with Crippen LogP contribution in [-0.2, 0) is 11.3 Å². The van der Waals surface area contributed by atoms with Crippen molar-refractivity contribution in [2.45, 2.75) is 32.3 Å². The number of carbonyl (C=O) groups is 1. The Hall–Kier alpha value is -1.55. The van der Waals surface area contributed by atoms with Crippen molar-refractivity contribution in [3.05, 3.63) is 35.9 Å². The standard InChI is InChI=1S/C17H23NO3/c19-13-17-9-5-4-8-15(17)10-18(12-17)16(20)21-11-14-6-2-1-3-7-14/h1-3,6-7,15,19H,4-5,8-13H2/t15-,17+/m1/s1. The third kappa shape index (κ3) is 2.91. The van der Waals surface area contributed by atoms with Gasteiger partial charge in [0.25, 0.3) is 0 Å². The highest BCUT2D eigenvalue weighted by Crippen LogP contribution is 2.46. The Morgan fingerprint density at radius 1 is 1.33 bits per heavy atom. The molecule has 3 rings (SSSR count). The summed E-state index contributed by atoms with van der Waals surface area (Å²) < 4.78 is 5.41. The van der Waals surface area contributed by atoms with Crippen LogP contribution >= 0.6 is 0 Å². The minimum atomic E-state index is -0.249. The van der Waals surface area contributed by atoms with E-state index >= 15 is 0 Å². The first kappa shape index (κ1) is 14.4. The van der Waals surface area contributed by atoms with Crippen LogP contribution in [-0.4, -0.2) is 35.8 Å². The maximum absolute atomic E-state index is 12.2. The van der Waals surface area contributed by atoms with Gasteiger partial charge in [-0.2, -0.15) is 0 Å². The van der Waals surface area contributed by atoms with E-state index in [0.717, 1.165) is 31.4 Å². The first-order chi connectivity index (χ1) is 10.2. The first-order valence-corrected chi connectivity index (χ1v) is 7.80. The van der Waals surface area contributed by atoms with Gasteiger partial charge in [0.1, 0.15) is 6.61 Å². The normalized spacial score (nSPS) is 28.2. The number of amides is 1. The summed E-state index contributed by atoms with van der Waals surface area (Å²) in [6, 6.07) is 9.72. The van der Waals surface area contributed by atoms with E-state index in [1.54, 1.807) is 4.90 Å². The molecule has 0 radical (unpaired) electrons. The lowest BCUT2D eigenvalue weighted by atomic mass is 9.69. The van der Waals surface area contributed by atoms with E-state index in [4.69, 9.17) is 4.74 Å². The van der Waals surface area contributed by atoms with Crippen LogP contribution in [0.25, 0.3) is 0 Å². The molecular weight excluding hydrogens is 266 g/mol. The van der Waals surface area contributed by atoms with E-state index in [9.17, 15) is 9.90 Å². The van der Waals surface area contributed by atoms with Gasteiger partial charge < -0.3 is 14.7 Å². The molecule has 21 heavy (non-hydrogen) atoms. The highest BCUT2D eigenvalue weighted by Gasteiger charge is 2.48. The van der Waals surface area contributed by atoms with Crippen LogP contribution in [0.2, 0.25) is 0 Å². The van der Waals surface area contributed by atoms with Crippen LogP contribution in [0.15, 0.2) is 30.3 Å². The van der Waals surface area contributed by atoms with Gasteiger partial charge >= 0.3 is 6.09 Å². The summed E-state index contributed by atoms with van der Waals surface area (Å²) in [5, 5.41) is 9.78. The molecule has 1 aliphatic heterocycles. The summed E-state index contributed by atoms with van der Waals surface area (Å²) in [5.74, 6) is 0.431. The number of likely N-dealkylation sites (tertiary alicyclic amines) is 1. The topological polar surface area (TPSA) is 49.8 Å². The van der Waals surface area contributed by atoms with Gasteiger partial charge in [0.15, 0.2) is 0 Å². The third-order valence-corrected chi connectivity index (χ3v) is 5.07. The second kappa shape index (κ2) is 6.06. The number of fused-ring (bicyclic) bond motifs is 1. The van der Waals surface area contributed by atoms with E-state index in [1.165, 1.54) is 6.42 Å². The molecule has 1 aromatic rings. The van der Waals surface area contributed by atoms with E-state index in [0.29, 0.717) is 19.1 Å². The number of rotatable bonds is 3. The summed E-state index contributed by atoms with van der Waals surface area (Å²) in [4.78, 5) is 14.0. The smallest absolute Gasteiger partial charge is 0.410 e. The van der Waals surface area contributed by atoms with Gasteiger partial charge in [0.05, 0.1) is 6.61 Å². The van der Waals surface area contributed by atoms with E-state index in [1.807, 2.05) is 30.3 Å². The zero-order valence-electron chi connectivity index (χ0n) is 12.3. The third-order valence-electron chi connectivity index (χ3n) is 5.07. The maximum Gasteiger partial charge on any atom is 0.410 e. The van der Waals surface area contributed by atoms with E-state index in [2.05, 4.69) is 0 Å². The zero-order chi connectivity index (χ0) is 14.7. The molecule has 0 bridgehead atoms. The van der Waals surface area contributed by atoms with Gasteiger partial charge in [-0.25, -0.2) is 4.79 Å². The molecule has 4 nitrogen and oxygen atoms in total. The fourth-order valence-corrected chi connectivity index (χ4v) is 3.79. The van der Waals surface area contributed by atoms with Crippen LogP contribution in [0.3, 0.4) is 0 Å². The Bertz CT molecular complexity index is 490. The second-order valence-corrected chi connectivity index (χ2v) is 6.38. The van der Waals surface area contributed by atoms with E-state index in [-0.39, 0.29) is 18.1 Å². The first-order valence-electron chi connectivity index (χ1n) is 7.80. The lowest BCUT2D eigenvalue weighted by molar-refractivity contribution is 0.0556. The van der Waals surface area contributed by atoms with Crippen LogP contribution in [0.4, 0.5) is 4.79 Å². The molecule has 2 fully saturated rings. The average Bonchev–Trinajstić information content (AvgIpc) is 2.94. The molecule has 1 saturated carbocycles. The average molecular weight is 289 g/mol. The van der Waals surface area contributed by atoms with Crippen molar-refractivity contribution in [3.63, 3.8) is 0 Å². The molecule has 2 atom stereocenters. The van der Waals surface area contributed by atoms with Gasteiger partial charge in [-0.15, -0.1) is 0 Å². The van der Waals surface area contributed by atoms with Gasteiger partial charge in [-0.05, 0) is 24.3 Å². The lowest BCUT2D eigenvalue weighted by Gasteiger charge is -2.36. The zero-order valence-corrected chi connectivity index (χ0v) is 12.3. The summed E-state index contributed by atoms with van der Waals surface area (Å²) >= 11 is 0. The quantitative estimate of drug-likeness (QED) is 0.931. The molecule has 0 unspecified atom stereocenters. The number of nitrogens with zero attached hydrogens (tertiary/aromatic N) is 1. The van der Waals surface area contributed by atoms with Gasteiger partial charge in [-0.1, -0.05) is 43.2 Å². The largest absolute Gasteiger partial charge is 0.445 e. The molecule has 0 spiro atoms. The van der Waals surface area contributed by atoms with Crippen molar-refractivity contribution in [3.8, 4) is 0 Å². The second-order valence-electron chi connectivity index (χ2n) is 6.38. The number of hydrogen-bond donors (Lipinski definition) is 1. The number of ether oxygens (including phenoxy) is 1. The molecular formula is C17H23NO3. The number of hydrogen-bond acceptors (Lipinski definition) is 3. The number of aliphatic hydroxyl groups is 1. The monoisotopic (exact) mass is 289 g/mol. The molecule has 1 aromatic carbocycles. The van der Waals surface area contributed by atoms with E-state index < -0.39 is 0 Å². The molecule has 1 N–H and O–H groups in total. The predicted octanol–water partition coefficient (Wildman–Crippen LogP) is 2.81. The Kier molecular flexibility index (Phi) is 4.15. The molecule has 4 heteroatoms. The Balaban J connectivity index is 1.59. The van der Waals surface area contributed by atoms with Crippen molar-refractivity contribution in [2.75, 3.05) is 19.7 Å². The molecule has 1 saturated heterocycles.